The van der Waals surface area contributed by atoms with E-state index in [1.165, 1.54) is 0 Å². The van der Waals surface area contributed by atoms with Crippen LogP contribution in [0.4, 0.5) is 0 Å². The van der Waals surface area contributed by atoms with Crippen LogP contribution in [-0.4, -0.2) is 34.9 Å². The maximum Gasteiger partial charge on any atom is 0.223 e. The fraction of sp³-hybridized carbons (Fsp3) is 0.571. The molecule has 4 heteroatoms. The van der Waals surface area contributed by atoms with Crippen molar-refractivity contribution in [3.05, 3.63) is 30.1 Å². The summed E-state index contributed by atoms with van der Waals surface area (Å²) in [7, 11) is 0. The second-order valence-corrected chi connectivity index (χ2v) is 5.24. The number of carbonyl (C=O) groups excluding carboxylic acids is 1. The molecule has 2 saturated heterocycles. The molecular formula is C14H19N3O. The normalized spacial score (nSPS) is 28.0. The Hall–Kier alpha value is -1.42. The van der Waals surface area contributed by atoms with E-state index in [-0.39, 0.29) is 0 Å². The van der Waals surface area contributed by atoms with Gasteiger partial charge in [0.25, 0.3) is 0 Å². The highest BCUT2D eigenvalue weighted by Gasteiger charge is 2.36. The maximum absolute atomic E-state index is 12.1. The molecule has 2 unspecified atom stereocenters. The van der Waals surface area contributed by atoms with Gasteiger partial charge in [0.1, 0.15) is 0 Å². The Kier molecular flexibility index (Phi) is 3.28. The van der Waals surface area contributed by atoms with Gasteiger partial charge < -0.3 is 10.2 Å². The molecule has 1 amide bonds. The summed E-state index contributed by atoms with van der Waals surface area (Å²) < 4.78 is 0. The van der Waals surface area contributed by atoms with Gasteiger partial charge >= 0.3 is 0 Å². The Balaban J connectivity index is 1.77. The summed E-state index contributed by atoms with van der Waals surface area (Å²) in [6.07, 6.45) is 6.45. The number of likely N-dealkylation sites (tertiary alicyclic amines) is 1. The molecule has 18 heavy (non-hydrogen) atoms. The largest absolute Gasteiger partial charge is 0.335 e. The van der Waals surface area contributed by atoms with E-state index in [1.54, 1.807) is 6.20 Å². The van der Waals surface area contributed by atoms with Crippen molar-refractivity contribution in [1.29, 1.82) is 0 Å². The number of nitrogens with zero attached hydrogens (tertiary/aromatic N) is 2. The lowest BCUT2D eigenvalue weighted by Crippen LogP contribution is -2.54. The molecule has 2 fully saturated rings. The summed E-state index contributed by atoms with van der Waals surface area (Å²) in [6.45, 7) is 2.80. The molecule has 3 rings (SSSR count). The van der Waals surface area contributed by atoms with E-state index in [2.05, 4.69) is 15.2 Å². The molecule has 1 aromatic heterocycles. The Labute approximate surface area is 107 Å². The number of hydrogen-bond acceptors (Lipinski definition) is 3. The topological polar surface area (TPSA) is 45.2 Å². The summed E-state index contributed by atoms with van der Waals surface area (Å²) in [5.41, 5.74) is 1.13. The minimum absolute atomic E-state index is 0.307. The second kappa shape index (κ2) is 5.06. The molecule has 0 saturated carbocycles. The van der Waals surface area contributed by atoms with Crippen LogP contribution in [-0.2, 0) is 11.3 Å². The van der Waals surface area contributed by atoms with Crippen LogP contribution in [0.1, 0.15) is 24.8 Å². The van der Waals surface area contributed by atoms with Crippen LogP contribution < -0.4 is 5.32 Å². The molecule has 3 heterocycles. The van der Waals surface area contributed by atoms with Crippen LogP contribution in [0.15, 0.2) is 24.5 Å². The molecule has 0 aromatic carbocycles. The molecule has 2 aliphatic heterocycles. The molecule has 2 aliphatic rings. The zero-order valence-corrected chi connectivity index (χ0v) is 10.5. The number of carbonyl (C=O) groups is 1. The van der Waals surface area contributed by atoms with Crippen molar-refractivity contribution in [2.45, 2.75) is 31.8 Å². The van der Waals surface area contributed by atoms with Crippen molar-refractivity contribution in [2.24, 2.45) is 5.92 Å². The zero-order chi connectivity index (χ0) is 12.4. The lowest BCUT2D eigenvalue weighted by molar-refractivity contribution is -0.140. The van der Waals surface area contributed by atoms with Crippen LogP contribution >= 0.6 is 0 Å². The van der Waals surface area contributed by atoms with Gasteiger partial charge in [-0.1, -0.05) is 6.07 Å². The van der Waals surface area contributed by atoms with Crippen molar-refractivity contribution < 1.29 is 4.79 Å². The zero-order valence-electron chi connectivity index (χ0n) is 10.5. The molecule has 0 radical (unpaired) electrons. The fourth-order valence-corrected chi connectivity index (χ4v) is 3.15. The first kappa shape index (κ1) is 11.7. The van der Waals surface area contributed by atoms with Crippen molar-refractivity contribution in [1.82, 2.24) is 15.2 Å². The Bertz CT molecular complexity index is 420. The van der Waals surface area contributed by atoms with Crippen LogP contribution in [0.3, 0.4) is 0 Å². The number of hydrogen-bond donors (Lipinski definition) is 1. The number of rotatable bonds is 2. The van der Waals surface area contributed by atoms with E-state index in [4.69, 9.17) is 0 Å². The molecule has 0 bridgehead atoms. The van der Waals surface area contributed by atoms with Gasteiger partial charge in [-0.3, -0.25) is 9.78 Å². The molecule has 0 spiro atoms. The van der Waals surface area contributed by atoms with Gasteiger partial charge in [0.15, 0.2) is 0 Å². The van der Waals surface area contributed by atoms with Crippen molar-refractivity contribution in [3.63, 3.8) is 0 Å². The van der Waals surface area contributed by atoms with Crippen LogP contribution in [0.25, 0.3) is 0 Å². The number of amides is 1. The third kappa shape index (κ3) is 2.25. The number of fused-ring (bicyclic) bond motifs is 1. The van der Waals surface area contributed by atoms with Crippen molar-refractivity contribution in [3.8, 4) is 0 Å². The minimum atomic E-state index is 0.307. The highest BCUT2D eigenvalue weighted by Crippen LogP contribution is 2.29. The maximum atomic E-state index is 12.1. The fourth-order valence-electron chi connectivity index (χ4n) is 3.15. The summed E-state index contributed by atoms with van der Waals surface area (Å²) in [6, 6.07) is 4.40. The summed E-state index contributed by atoms with van der Waals surface area (Å²) in [5, 5.41) is 3.43. The van der Waals surface area contributed by atoms with Crippen LogP contribution in [0.2, 0.25) is 0 Å². The average Bonchev–Trinajstić information content (AvgIpc) is 2.43. The number of nitrogens with one attached hydrogen (secondary N) is 1. The molecule has 0 aliphatic carbocycles. The Morgan fingerprint density at radius 2 is 2.39 bits per heavy atom. The predicted octanol–water partition coefficient (Wildman–Crippen LogP) is 1.18. The van der Waals surface area contributed by atoms with Gasteiger partial charge in [0.05, 0.1) is 0 Å². The SMILES string of the molecule is O=C1CCC2CNCCC2N1Cc1cccnc1. The molecular weight excluding hydrogens is 226 g/mol. The Morgan fingerprint density at radius 3 is 3.22 bits per heavy atom. The lowest BCUT2D eigenvalue weighted by atomic mass is 9.84. The van der Waals surface area contributed by atoms with E-state index in [0.717, 1.165) is 31.5 Å². The Morgan fingerprint density at radius 1 is 1.44 bits per heavy atom. The standard InChI is InChI=1S/C14H19N3O/c18-14-4-3-12-9-16-7-5-13(12)17(14)10-11-2-1-6-15-8-11/h1-2,6,8,12-13,16H,3-5,7,9-10H2. The van der Waals surface area contributed by atoms with Crippen LogP contribution in [0.5, 0.6) is 0 Å². The summed E-state index contributed by atoms with van der Waals surface area (Å²) in [5.74, 6) is 0.940. The molecule has 96 valence electrons. The number of piperidine rings is 2. The molecule has 1 aromatic rings. The van der Waals surface area contributed by atoms with E-state index >= 15 is 0 Å². The third-order valence-corrected chi connectivity index (χ3v) is 4.09. The third-order valence-electron chi connectivity index (χ3n) is 4.09. The van der Waals surface area contributed by atoms with E-state index < -0.39 is 0 Å². The molecule has 4 nitrogen and oxygen atoms in total. The molecule has 2 atom stereocenters. The minimum Gasteiger partial charge on any atom is -0.335 e. The predicted molar refractivity (Wildman–Crippen MR) is 68.8 cm³/mol. The van der Waals surface area contributed by atoms with Gasteiger partial charge in [0, 0.05) is 31.4 Å². The monoisotopic (exact) mass is 245 g/mol. The average molecular weight is 245 g/mol. The van der Waals surface area contributed by atoms with Gasteiger partial charge in [-0.25, -0.2) is 0 Å². The van der Waals surface area contributed by atoms with E-state index in [1.807, 2.05) is 18.3 Å². The van der Waals surface area contributed by atoms with Crippen molar-refractivity contribution >= 4 is 5.91 Å². The first-order chi connectivity index (χ1) is 8.84. The van der Waals surface area contributed by atoms with Gasteiger partial charge in [-0.2, -0.15) is 0 Å². The smallest absolute Gasteiger partial charge is 0.223 e. The highest BCUT2D eigenvalue weighted by molar-refractivity contribution is 5.77. The number of aromatic nitrogens is 1. The van der Waals surface area contributed by atoms with Crippen molar-refractivity contribution in [2.75, 3.05) is 13.1 Å². The number of pyridine rings is 1. The summed E-state index contributed by atoms with van der Waals surface area (Å²) in [4.78, 5) is 18.3. The quantitative estimate of drug-likeness (QED) is 0.851. The summed E-state index contributed by atoms with van der Waals surface area (Å²) >= 11 is 0. The van der Waals surface area contributed by atoms with E-state index in [0.29, 0.717) is 30.8 Å². The molecule has 1 N–H and O–H groups in total. The van der Waals surface area contributed by atoms with Gasteiger partial charge in [0.2, 0.25) is 5.91 Å². The van der Waals surface area contributed by atoms with Gasteiger partial charge in [-0.05, 0) is 43.5 Å². The highest BCUT2D eigenvalue weighted by atomic mass is 16.2. The first-order valence-electron chi connectivity index (χ1n) is 6.73. The van der Waals surface area contributed by atoms with E-state index in [9.17, 15) is 4.79 Å². The first-order valence-corrected chi connectivity index (χ1v) is 6.73. The van der Waals surface area contributed by atoms with Crippen LogP contribution in [0, 0.1) is 5.92 Å². The van der Waals surface area contributed by atoms with Gasteiger partial charge in [-0.15, -0.1) is 0 Å². The lowest BCUT2D eigenvalue weighted by Gasteiger charge is -2.44. The second-order valence-electron chi connectivity index (χ2n) is 5.24.